The maximum atomic E-state index is 4.45. The SMILES string of the molecule is CCC1CCN(c2cnc(C)cn2)C1.CCN(CC)C1CCN(c2cnc(C)cn2)C1.Cc1ccc(N2CCCN(C3CC3)CC2)cc1.Cc1cnc(C2=CCN(C)CC2)cn1.Cc1cnc(N2CCC(N(C)C)C2)cn1.Cc1cnc(N2CCCN(C)CC2)cn1. The van der Waals surface area contributed by atoms with Crippen LogP contribution in [-0.4, -0.2) is 238 Å². The molecule has 11 heterocycles. The average Bonchev–Trinajstić information content (AvgIpc) is 3.89. The molecule has 0 N–H and O–H groups in total. The number of nitrogens with zero attached hydrogens (tertiary/aromatic N) is 20. The third-order valence-corrected chi connectivity index (χ3v) is 18.8. The zero-order valence-electron chi connectivity index (χ0n) is 58.5. The summed E-state index contributed by atoms with van der Waals surface area (Å²) in [6.07, 6.45) is 32.3. The lowest BCUT2D eigenvalue weighted by molar-refractivity contribution is 0.232. The van der Waals surface area contributed by atoms with Crippen LogP contribution in [0, 0.1) is 47.5 Å². The van der Waals surface area contributed by atoms with Crippen LogP contribution in [-0.2, 0) is 0 Å². The van der Waals surface area contributed by atoms with Crippen molar-refractivity contribution in [1.82, 2.24) is 74.3 Å². The van der Waals surface area contributed by atoms with Crippen LogP contribution in [0.2, 0.25) is 0 Å². The van der Waals surface area contributed by atoms with E-state index in [9.17, 15) is 0 Å². The molecule has 6 fully saturated rings. The summed E-state index contributed by atoms with van der Waals surface area (Å²) in [5, 5.41) is 0. The van der Waals surface area contributed by atoms with Crippen molar-refractivity contribution in [3.63, 3.8) is 0 Å². The standard InChI is InChI=1S/C15H22N2.C13H22N4.2C11H18N4.C11H15N3.C11H17N3/c1-13-3-5-14(6-4-13)16-9-2-10-17(12-11-16)15-7-8-15;1-4-16(5-2)12-6-7-17(10-12)13-9-14-11(3)8-15-13;1-9-6-13-11(7-12-9)15-5-4-10(8-15)14(2)3;1-10-8-13-11(9-12-10)15-5-3-4-14(2)6-7-15;1-9-7-13-11(8-12-9)10-3-5-14(2)6-4-10;1-3-10-4-5-14(8-10)11-7-12-9(2)6-13-11/h3-6,15H,2,7-12H2,1H3;8-9,12H,4-7,10H2,1-3H3;6-7,10H,4-5,8H2,1-3H3;8-9H,3-7H2,1-2H3;3,7-8H,4-6H2,1-2H3;6-7,10H,3-5,8H2,1-2H3. The second-order valence-electron chi connectivity index (χ2n) is 26.4. The summed E-state index contributed by atoms with van der Waals surface area (Å²) in [6, 6.07) is 11.2. The van der Waals surface area contributed by atoms with E-state index in [1.807, 2.05) is 96.6 Å². The molecule has 3 unspecified atom stereocenters. The first-order valence-corrected chi connectivity index (χ1v) is 34.5. The number of rotatable bonds is 12. The molecule has 13 rings (SSSR count). The summed E-state index contributed by atoms with van der Waals surface area (Å²) in [5.41, 5.74) is 10.00. The van der Waals surface area contributed by atoms with Gasteiger partial charge >= 0.3 is 0 Å². The van der Waals surface area contributed by atoms with Crippen LogP contribution in [0.1, 0.15) is 118 Å². The molecule has 5 aromatic heterocycles. The second-order valence-corrected chi connectivity index (χ2v) is 26.4. The molecule has 0 radical (unpaired) electrons. The van der Waals surface area contributed by atoms with Crippen molar-refractivity contribution in [1.29, 1.82) is 0 Å². The number of aromatic nitrogens is 10. The number of benzene rings is 1. The molecule has 6 aliphatic heterocycles. The van der Waals surface area contributed by atoms with E-state index in [0.29, 0.717) is 12.1 Å². The van der Waals surface area contributed by atoms with Gasteiger partial charge < -0.3 is 39.2 Å². The molecule has 500 valence electrons. The third-order valence-electron chi connectivity index (χ3n) is 18.8. The number of hydrogen-bond acceptors (Lipinski definition) is 20. The van der Waals surface area contributed by atoms with Crippen molar-refractivity contribution in [2.45, 2.75) is 138 Å². The van der Waals surface area contributed by atoms with Gasteiger partial charge in [0.05, 0.1) is 89.9 Å². The first kappa shape index (κ1) is 71.0. The summed E-state index contributed by atoms with van der Waals surface area (Å²) in [6.45, 7) is 39.1. The highest BCUT2D eigenvalue weighted by atomic mass is 15.3. The van der Waals surface area contributed by atoms with E-state index in [2.05, 4.69) is 185 Å². The summed E-state index contributed by atoms with van der Waals surface area (Å²) in [7, 11) is 8.57. The van der Waals surface area contributed by atoms with Gasteiger partial charge in [-0.25, -0.2) is 19.9 Å². The molecule has 0 bridgehead atoms. The fourth-order valence-corrected chi connectivity index (χ4v) is 12.5. The minimum absolute atomic E-state index is 0.646. The van der Waals surface area contributed by atoms with Crippen LogP contribution in [0.4, 0.5) is 29.0 Å². The smallest absolute Gasteiger partial charge is 0.147 e. The minimum Gasteiger partial charge on any atom is -0.370 e. The maximum Gasteiger partial charge on any atom is 0.147 e. The third kappa shape index (κ3) is 22.7. The Morgan fingerprint density at radius 1 is 0.424 bits per heavy atom. The summed E-state index contributed by atoms with van der Waals surface area (Å²) < 4.78 is 0. The monoisotopic (exact) mass is 1260 g/mol. The quantitative estimate of drug-likeness (QED) is 0.114. The van der Waals surface area contributed by atoms with Crippen molar-refractivity contribution in [2.75, 3.05) is 170 Å². The Labute approximate surface area is 553 Å². The van der Waals surface area contributed by atoms with Crippen molar-refractivity contribution in [2.24, 2.45) is 5.92 Å². The van der Waals surface area contributed by atoms with Crippen molar-refractivity contribution in [3.8, 4) is 0 Å². The zero-order valence-corrected chi connectivity index (χ0v) is 58.5. The fraction of sp³-hybridized carbons (Fsp3) is 0.611. The van der Waals surface area contributed by atoms with E-state index >= 15 is 0 Å². The van der Waals surface area contributed by atoms with Crippen molar-refractivity contribution >= 4 is 34.5 Å². The normalized spacial score (nSPS) is 20.5. The lowest BCUT2D eigenvalue weighted by Crippen LogP contribution is -2.37. The average molecular weight is 1260 g/mol. The molecule has 6 aromatic rings. The molecule has 0 amide bonds. The fourth-order valence-electron chi connectivity index (χ4n) is 12.5. The van der Waals surface area contributed by atoms with Gasteiger partial charge in [0, 0.05) is 128 Å². The molecule has 7 aliphatic rings. The van der Waals surface area contributed by atoms with Gasteiger partial charge in [0.2, 0.25) is 0 Å². The lowest BCUT2D eigenvalue weighted by atomic mass is 10.1. The molecule has 1 aliphatic carbocycles. The Kier molecular flexibility index (Phi) is 28.2. The van der Waals surface area contributed by atoms with Crippen molar-refractivity contribution < 1.29 is 0 Å². The Morgan fingerprint density at radius 2 is 0.913 bits per heavy atom. The van der Waals surface area contributed by atoms with E-state index in [1.165, 1.54) is 101 Å². The molecule has 1 saturated carbocycles. The lowest BCUT2D eigenvalue weighted by Gasteiger charge is -2.26. The van der Waals surface area contributed by atoms with Crippen LogP contribution in [0.25, 0.3) is 5.57 Å². The number of anilines is 5. The van der Waals surface area contributed by atoms with Crippen LogP contribution in [0.5, 0.6) is 0 Å². The predicted octanol–water partition coefficient (Wildman–Crippen LogP) is 9.75. The van der Waals surface area contributed by atoms with Gasteiger partial charge in [0.1, 0.15) is 23.3 Å². The first-order valence-electron chi connectivity index (χ1n) is 34.5. The van der Waals surface area contributed by atoms with Gasteiger partial charge in [0.25, 0.3) is 0 Å². The molecule has 0 spiro atoms. The molecule has 5 saturated heterocycles. The summed E-state index contributed by atoms with van der Waals surface area (Å²) in [5.74, 6) is 4.91. The largest absolute Gasteiger partial charge is 0.370 e. The molecule has 3 atom stereocenters. The Morgan fingerprint density at radius 3 is 1.38 bits per heavy atom. The molecule has 1 aromatic carbocycles. The van der Waals surface area contributed by atoms with Crippen LogP contribution in [0.15, 0.2) is 92.3 Å². The highest BCUT2D eigenvalue weighted by Gasteiger charge is 2.31. The summed E-state index contributed by atoms with van der Waals surface area (Å²) in [4.78, 5) is 67.4. The number of likely N-dealkylation sites (N-methyl/N-ethyl adjacent to an activating group) is 4. The topological polar surface area (TPSA) is 161 Å². The summed E-state index contributed by atoms with van der Waals surface area (Å²) >= 11 is 0. The number of aryl methyl sites for hydroxylation is 6. The Hall–Kier alpha value is -6.84. The Bertz CT molecular complexity index is 3050. The van der Waals surface area contributed by atoms with E-state index < -0.39 is 0 Å². The van der Waals surface area contributed by atoms with Gasteiger partial charge in [-0.2, -0.15) is 0 Å². The van der Waals surface area contributed by atoms with Gasteiger partial charge in [-0.05, 0) is 164 Å². The Balaban J connectivity index is 0.000000142. The molecule has 92 heavy (non-hydrogen) atoms. The van der Waals surface area contributed by atoms with E-state index in [-0.39, 0.29) is 0 Å². The maximum absolute atomic E-state index is 4.45. The van der Waals surface area contributed by atoms with Gasteiger partial charge in [-0.15, -0.1) is 0 Å². The zero-order chi connectivity index (χ0) is 65.4. The predicted molar refractivity (Wildman–Crippen MR) is 379 cm³/mol. The van der Waals surface area contributed by atoms with E-state index in [0.717, 1.165) is 161 Å². The highest BCUT2D eigenvalue weighted by Crippen LogP contribution is 2.29. The van der Waals surface area contributed by atoms with E-state index in [1.54, 1.807) is 0 Å². The molecule has 20 heteroatoms. The molecular weight excluding hydrogens is 1140 g/mol. The van der Waals surface area contributed by atoms with E-state index in [4.69, 9.17) is 0 Å². The van der Waals surface area contributed by atoms with Gasteiger partial charge in [0.15, 0.2) is 0 Å². The van der Waals surface area contributed by atoms with Crippen LogP contribution in [0.3, 0.4) is 0 Å². The highest BCUT2D eigenvalue weighted by molar-refractivity contribution is 5.63. The van der Waals surface area contributed by atoms with Crippen LogP contribution < -0.4 is 24.5 Å². The van der Waals surface area contributed by atoms with Gasteiger partial charge in [-0.3, -0.25) is 39.7 Å². The molecular formula is C72H112N20. The van der Waals surface area contributed by atoms with Crippen molar-refractivity contribution in [3.05, 3.63) is 132 Å². The first-order chi connectivity index (χ1) is 44.5. The minimum atomic E-state index is 0.646. The van der Waals surface area contributed by atoms with Crippen LogP contribution >= 0.6 is 0 Å². The van der Waals surface area contributed by atoms with Gasteiger partial charge in [-0.1, -0.05) is 51.0 Å². The second kappa shape index (κ2) is 36.6. The number of hydrogen-bond donors (Lipinski definition) is 0. The molecule has 20 nitrogen and oxygen atoms in total.